The summed E-state index contributed by atoms with van der Waals surface area (Å²) in [5, 5.41) is 2.75. The van der Waals surface area contributed by atoms with Crippen LogP contribution in [0.25, 0.3) is 11.3 Å². The van der Waals surface area contributed by atoms with Crippen LogP contribution in [0.2, 0.25) is 0 Å². The molecule has 0 spiro atoms. The van der Waals surface area contributed by atoms with Gasteiger partial charge in [0.15, 0.2) is 0 Å². The lowest BCUT2D eigenvalue weighted by Crippen LogP contribution is -2.42. The van der Waals surface area contributed by atoms with Crippen LogP contribution >= 0.6 is 0 Å². The van der Waals surface area contributed by atoms with Crippen molar-refractivity contribution in [3.05, 3.63) is 42.6 Å². The van der Waals surface area contributed by atoms with Gasteiger partial charge in [-0.15, -0.1) is 0 Å². The molecule has 1 fully saturated rings. The lowest BCUT2D eigenvalue weighted by atomic mass is 9.98. The number of piperidine rings is 1. The molecule has 0 bridgehead atoms. The maximum absolute atomic E-state index is 12.2. The number of amides is 2. The summed E-state index contributed by atoms with van der Waals surface area (Å²) in [6.07, 6.45) is 3.28. The van der Waals surface area contributed by atoms with Crippen molar-refractivity contribution in [1.82, 2.24) is 9.88 Å². The molecule has 0 unspecified atom stereocenters. The number of benzene rings is 1. The molecule has 0 aliphatic carbocycles. The van der Waals surface area contributed by atoms with Crippen LogP contribution in [0, 0.1) is 5.92 Å². The topological polar surface area (TPSA) is 80.8 Å². The van der Waals surface area contributed by atoms with E-state index in [2.05, 4.69) is 10.3 Å². The second-order valence-electron chi connectivity index (χ2n) is 8.86. The van der Waals surface area contributed by atoms with Gasteiger partial charge >= 0.3 is 6.09 Å². The molecule has 31 heavy (non-hydrogen) atoms. The zero-order valence-electron chi connectivity index (χ0n) is 18.7. The van der Waals surface area contributed by atoms with Gasteiger partial charge < -0.3 is 19.7 Å². The van der Waals surface area contributed by atoms with Gasteiger partial charge in [0, 0.05) is 31.3 Å². The van der Waals surface area contributed by atoms with E-state index in [1.54, 1.807) is 11.1 Å². The van der Waals surface area contributed by atoms with Gasteiger partial charge in [0.25, 0.3) is 0 Å². The summed E-state index contributed by atoms with van der Waals surface area (Å²) in [5.41, 5.74) is 2.10. The first-order valence-electron chi connectivity index (χ1n) is 10.6. The summed E-state index contributed by atoms with van der Waals surface area (Å²) in [7, 11) is 0. The van der Waals surface area contributed by atoms with Crippen molar-refractivity contribution in [3.63, 3.8) is 0 Å². The number of pyridine rings is 1. The quantitative estimate of drug-likeness (QED) is 0.749. The summed E-state index contributed by atoms with van der Waals surface area (Å²) in [4.78, 5) is 29.5. The van der Waals surface area contributed by atoms with Crippen LogP contribution in [0.5, 0.6) is 5.75 Å². The Morgan fingerprint density at radius 2 is 1.77 bits per heavy atom. The fourth-order valence-electron chi connectivity index (χ4n) is 3.39. The van der Waals surface area contributed by atoms with Gasteiger partial charge in [0.05, 0.1) is 18.5 Å². The molecular formula is C24H31N3O4. The molecule has 2 aromatic rings. The minimum absolute atomic E-state index is 0.0945. The van der Waals surface area contributed by atoms with E-state index >= 15 is 0 Å². The minimum Gasteiger partial charge on any atom is -0.492 e. The number of nitrogens with one attached hydrogen (secondary N) is 1. The third-order valence-corrected chi connectivity index (χ3v) is 4.99. The second kappa shape index (κ2) is 9.81. The maximum Gasteiger partial charge on any atom is 0.410 e. The van der Waals surface area contributed by atoms with Crippen molar-refractivity contribution < 1.29 is 19.1 Å². The lowest BCUT2D eigenvalue weighted by molar-refractivity contribution is -0.114. The van der Waals surface area contributed by atoms with Crippen LogP contribution in [0.15, 0.2) is 42.6 Å². The van der Waals surface area contributed by atoms with E-state index < -0.39 is 5.60 Å². The predicted molar refractivity (Wildman–Crippen MR) is 120 cm³/mol. The van der Waals surface area contributed by atoms with Crippen molar-refractivity contribution in [2.45, 2.75) is 46.1 Å². The average Bonchev–Trinajstić information content (AvgIpc) is 2.72. The van der Waals surface area contributed by atoms with Gasteiger partial charge in [-0.1, -0.05) is 12.1 Å². The molecule has 1 N–H and O–H groups in total. The highest BCUT2D eigenvalue weighted by Gasteiger charge is 2.27. The second-order valence-corrected chi connectivity index (χ2v) is 8.86. The first-order chi connectivity index (χ1) is 14.7. The number of hydrogen-bond acceptors (Lipinski definition) is 5. The number of anilines is 1. The Bertz CT molecular complexity index is 881. The third kappa shape index (κ3) is 6.98. The fraction of sp³-hybridized carbons (Fsp3) is 0.458. The summed E-state index contributed by atoms with van der Waals surface area (Å²) < 4.78 is 11.4. The number of carbonyl (C=O) groups excluding carboxylic acids is 2. The van der Waals surface area contributed by atoms with E-state index in [1.165, 1.54) is 6.92 Å². The molecule has 2 heterocycles. The van der Waals surface area contributed by atoms with E-state index in [-0.39, 0.29) is 12.0 Å². The van der Waals surface area contributed by atoms with Crippen molar-refractivity contribution in [3.8, 4) is 17.0 Å². The van der Waals surface area contributed by atoms with E-state index in [4.69, 9.17) is 9.47 Å². The van der Waals surface area contributed by atoms with E-state index in [0.29, 0.717) is 25.6 Å². The molecule has 1 aromatic carbocycles. The van der Waals surface area contributed by atoms with Gasteiger partial charge in [-0.2, -0.15) is 0 Å². The Hall–Kier alpha value is -3.09. The van der Waals surface area contributed by atoms with E-state index in [1.807, 2.05) is 57.2 Å². The van der Waals surface area contributed by atoms with Gasteiger partial charge in [-0.3, -0.25) is 9.78 Å². The Labute approximate surface area is 183 Å². The Morgan fingerprint density at radius 1 is 1.10 bits per heavy atom. The summed E-state index contributed by atoms with van der Waals surface area (Å²) in [6.45, 7) is 9.11. The number of nitrogens with zero attached hydrogens (tertiary/aromatic N) is 2. The van der Waals surface area contributed by atoms with Crippen LogP contribution in [0.3, 0.4) is 0 Å². The summed E-state index contributed by atoms with van der Waals surface area (Å²) >= 11 is 0. The van der Waals surface area contributed by atoms with Gasteiger partial charge in [-0.25, -0.2) is 4.79 Å². The summed E-state index contributed by atoms with van der Waals surface area (Å²) in [6, 6.07) is 11.4. The number of likely N-dealkylation sites (tertiary alicyclic amines) is 1. The fourth-order valence-corrected chi connectivity index (χ4v) is 3.39. The first-order valence-corrected chi connectivity index (χ1v) is 10.6. The average molecular weight is 426 g/mol. The maximum atomic E-state index is 12.2. The van der Waals surface area contributed by atoms with Crippen molar-refractivity contribution in [2.24, 2.45) is 5.92 Å². The van der Waals surface area contributed by atoms with Crippen LogP contribution in [-0.2, 0) is 9.53 Å². The monoisotopic (exact) mass is 425 g/mol. The van der Waals surface area contributed by atoms with Crippen LogP contribution in [-0.4, -0.2) is 47.2 Å². The number of carbonyl (C=O) groups is 2. The van der Waals surface area contributed by atoms with Gasteiger partial charge in [0.2, 0.25) is 5.91 Å². The number of hydrogen-bond donors (Lipinski definition) is 1. The lowest BCUT2D eigenvalue weighted by Gasteiger charge is -2.33. The molecular weight excluding hydrogens is 394 g/mol. The number of ether oxygens (including phenoxy) is 2. The van der Waals surface area contributed by atoms with E-state index in [0.717, 1.165) is 35.5 Å². The molecule has 2 amide bonds. The largest absolute Gasteiger partial charge is 0.492 e. The predicted octanol–water partition coefficient (Wildman–Crippen LogP) is 4.73. The third-order valence-electron chi connectivity index (χ3n) is 4.99. The molecule has 7 nitrogen and oxygen atoms in total. The zero-order chi connectivity index (χ0) is 22.4. The highest BCUT2D eigenvalue weighted by Crippen LogP contribution is 2.24. The Balaban J connectivity index is 1.46. The molecule has 1 aliphatic rings. The molecule has 1 saturated heterocycles. The van der Waals surface area contributed by atoms with Crippen molar-refractivity contribution >= 4 is 17.7 Å². The molecule has 1 aliphatic heterocycles. The number of rotatable bonds is 5. The van der Waals surface area contributed by atoms with Crippen LogP contribution < -0.4 is 10.1 Å². The smallest absolute Gasteiger partial charge is 0.410 e. The molecule has 7 heteroatoms. The molecule has 0 saturated carbocycles. The minimum atomic E-state index is -0.469. The molecule has 1 aromatic heterocycles. The Kier molecular flexibility index (Phi) is 7.15. The van der Waals surface area contributed by atoms with Crippen LogP contribution in [0.1, 0.15) is 40.5 Å². The van der Waals surface area contributed by atoms with Crippen molar-refractivity contribution in [2.75, 3.05) is 25.0 Å². The molecule has 0 atom stereocenters. The molecule has 0 radical (unpaired) electrons. The highest BCUT2D eigenvalue weighted by molar-refractivity contribution is 5.88. The Morgan fingerprint density at radius 3 is 2.32 bits per heavy atom. The molecule has 3 rings (SSSR count). The van der Waals surface area contributed by atoms with E-state index in [9.17, 15) is 9.59 Å². The normalized spacial score (nSPS) is 14.8. The van der Waals surface area contributed by atoms with Gasteiger partial charge in [0.1, 0.15) is 11.4 Å². The summed E-state index contributed by atoms with van der Waals surface area (Å²) in [5.74, 6) is 1.04. The standard InChI is InChI=1S/C24H31N3O4/c1-17(28)26-20-7-5-19(6-8-20)22-10-9-21(15-25-22)30-16-18-11-13-27(14-12-18)23(29)31-24(2,3)4/h5-10,15,18H,11-14,16H2,1-4H3,(H,26,28). The first kappa shape index (κ1) is 22.6. The van der Waals surface area contributed by atoms with Crippen LogP contribution in [0.4, 0.5) is 10.5 Å². The SMILES string of the molecule is CC(=O)Nc1ccc(-c2ccc(OCC3CCN(C(=O)OC(C)(C)C)CC3)cn2)cc1. The highest BCUT2D eigenvalue weighted by atomic mass is 16.6. The van der Waals surface area contributed by atoms with Crippen molar-refractivity contribution in [1.29, 1.82) is 0 Å². The van der Waals surface area contributed by atoms with Gasteiger partial charge in [-0.05, 0) is 63.8 Å². The molecule has 166 valence electrons. The zero-order valence-corrected chi connectivity index (χ0v) is 18.7. The number of aromatic nitrogens is 1.